The van der Waals surface area contributed by atoms with Gasteiger partial charge in [-0.25, -0.2) is 9.97 Å². The molecule has 22 heavy (non-hydrogen) atoms. The molecule has 114 valence electrons. The topological polar surface area (TPSA) is 58.1 Å². The first-order valence-corrected chi connectivity index (χ1v) is 7.69. The number of carbonyl (C=O) groups is 1. The number of hydrogen-bond acceptors (Lipinski definition) is 4. The van der Waals surface area contributed by atoms with Crippen LogP contribution in [0.5, 0.6) is 0 Å². The SMILES string of the molecule is O=C(NCCN1CCCC1)c1ccc(-c2cncnc2)cc1. The van der Waals surface area contributed by atoms with Crippen LogP contribution in [0, 0.1) is 0 Å². The van der Waals surface area contributed by atoms with Crippen molar-refractivity contribution in [2.75, 3.05) is 26.2 Å². The lowest BCUT2D eigenvalue weighted by Crippen LogP contribution is -2.33. The summed E-state index contributed by atoms with van der Waals surface area (Å²) < 4.78 is 0. The lowest BCUT2D eigenvalue weighted by Gasteiger charge is -2.14. The number of nitrogens with one attached hydrogen (secondary N) is 1. The molecule has 1 aliphatic heterocycles. The monoisotopic (exact) mass is 296 g/mol. The van der Waals surface area contributed by atoms with Crippen molar-refractivity contribution >= 4 is 5.91 Å². The second-order valence-corrected chi connectivity index (χ2v) is 5.51. The van der Waals surface area contributed by atoms with Crippen molar-refractivity contribution in [3.63, 3.8) is 0 Å². The van der Waals surface area contributed by atoms with Gasteiger partial charge in [0, 0.05) is 36.6 Å². The van der Waals surface area contributed by atoms with Gasteiger partial charge in [0.2, 0.25) is 0 Å². The molecule has 0 radical (unpaired) electrons. The van der Waals surface area contributed by atoms with E-state index in [9.17, 15) is 4.79 Å². The maximum absolute atomic E-state index is 12.1. The van der Waals surface area contributed by atoms with Crippen LogP contribution in [0.4, 0.5) is 0 Å². The highest BCUT2D eigenvalue weighted by Gasteiger charge is 2.11. The van der Waals surface area contributed by atoms with E-state index in [0.29, 0.717) is 12.1 Å². The lowest BCUT2D eigenvalue weighted by molar-refractivity contribution is 0.0950. The van der Waals surface area contributed by atoms with Gasteiger partial charge in [-0.05, 0) is 43.6 Å². The summed E-state index contributed by atoms with van der Waals surface area (Å²) in [4.78, 5) is 22.5. The molecule has 3 rings (SSSR count). The predicted octanol–water partition coefficient (Wildman–Crippen LogP) is 1.97. The number of hydrogen-bond donors (Lipinski definition) is 1. The van der Waals surface area contributed by atoms with E-state index in [0.717, 1.165) is 30.8 Å². The molecule has 0 aliphatic carbocycles. The Morgan fingerprint density at radius 1 is 1.05 bits per heavy atom. The Labute approximate surface area is 130 Å². The number of nitrogens with zero attached hydrogens (tertiary/aromatic N) is 3. The minimum absolute atomic E-state index is 0.0185. The molecule has 1 aromatic heterocycles. The van der Waals surface area contributed by atoms with E-state index in [2.05, 4.69) is 20.2 Å². The van der Waals surface area contributed by atoms with Crippen LogP contribution in [0.25, 0.3) is 11.1 Å². The van der Waals surface area contributed by atoms with Crippen LogP contribution in [0.15, 0.2) is 43.0 Å². The van der Waals surface area contributed by atoms with Crippen LogP contribution in [-0.4, -0.2) is 47.0 Å². The molecule has 5 heteroatoms. The molecule has 1 fully saturated rings. The molecule has 2 aromatic rings. The van der Waals surface area contributed by atoms with E-state index in [4.69, 9.17) is 0 Å². The Morgan fingerprint density at radius 2 is 1.73 bits per heavy atom. The third kappa shape index (κ3) is 3.68. The molecule has 0 saturated carbocycles. The van der Waals surface area contributed by atoms with Gasteiger partial charge in [0.1, 0.15) is 6.33 Å². The van der Waals surface area contributed by atoms with Gasteiger partial charge in [-0.15, -0.1) is 0 Å². The zero-order valence-electron chi connectivity index (χ0n) is 12.5. The first kappa shape index (κ1) is 14.7. The molecule has 1 N–H and O–H groups in total. The van der Waals surface area contributed by atoms with Crippen LogP contribution >= 0.6 is 0 Å². The first-order valence-electron chi connectivity index (χ1n) is 7.69. The molecule has 1 aromatic carbocycles. The van der Waals surface area contributed by atoms with E-state index in [1.54, 1.807) is 12.4 Å². The second-order valence-electron chi connectivity index (χ2n) is 5.51. The van der Waals surface area contributed by atoms with Crippen molar-refractivity contribution in [1.29, 1.82) is 0 Å². The highest BCUT2D eigenvalue weighted by molar-refractivity contribution is 5.94. The van der Waals surface area contributed by atoms with Crippen LogP contribution in [-0.2, 0) is 0 Å². The standard InChI is InChI=1S/C17H20N4O/c22-17(20-7-10-21-8-1-2-9-21)15-5-3-14(4-6-15)16-11-18-13-19-12-16/h3-6,11-13H,1-2,7-10H2,(H,20,22). The highest BCUT2D eigenvalue weighted by Crippen LogP contribution is 2.17. The summed E-state index contributed by atoms with van der Waals surface area (Å²) in [5.41, 5.74) is 2.64. The summed E-state index contributed by atoms with van der Waals surface area (Å²) >= 11 is 0. The van der Waals surface area contributed by atoms with E-state index < -0.39 is 0 Å². The number of carbonyl (C=O) groups excluding carboxylic acids is 1. The summed E-state index contributed by atoms with van der Waals surface area (Å²) in [5, 5.41) is 2.98. The van der Waals surface area contributed by atoms with Crippen LogP contribution in [0.2, 0.25) is 0 Å². The summed E-state index contributed by atoms with van der Waals surface area (Å²) in [6.07, 6.45) is 7.58. The van der Waals surface area contributed by atoms with Gasteiger partial charge in [0.05, 0.1) is 0 Å². The minimum Gasteiger partial charge on any atom is -0.351 e. The number of likely N-dealkylation sites (tertiary alicyclic amines) is 1. The molecule has 2 heterocycles. The van der Waals surface area contributed by atoms with Crippen molar-refractivity contribution in [2.45, 2.75) is 12.8 Å². The van der Waals surface area contributed by atoms with Crippen LogP contribution < -0.4 is 5.32 Å². The van der Waals surface area contributed by atoms with E-state index in [1.807, 2.05) is 24.3 Å². The summed E-state index contributed by atoms with van der Waals surface area (Å²) in [6, 6.07) is 7.53. The van der Waals surface area contributed by atoms with Crippen molar-refractivity contribution in [1.82, 2.24) is 20.2 Å². The third-order valence-corrected chi connectivity index (χ3v) is 3.95. The molecular formula is C17H20N4O. The Balaban J connectivity index is 1.54. The zero-order chi connectivity index (χ0) is 15.2. The van der Waals surface area contributed by atoms with Gasteiger partial charge in [-0.3, -0.25) is 4.79 Å². The Morgan fingerprint density at radius 3 is 2.41 bits per heavy atom. The smallest absolute Gasteiger partial charge is 0.251 e. The van der Waals surface area contributed by atoms with Gasteiger partial charge in [0.15, 0.2) is 0 Å². The molecular weight excluding hydrogens is 276 g/mol. The first-order chi connectivity index (χ1) is 10.8. The molecule has 1 amide bonds. The molecule has 0 bridgehead atoms. The molecule has 5 nitrogen and oxygen atoms in total. The highest BCUT2D eigenvalue weighted by atomic mass is 16.1. The Hall–Kier alpha value is -2.27. The number of benzene rings is 1. The number of amides is 1. The summed E-state index contributed by atoms with van der Waals surface area (Å²) in [5.74, 6) is -0.0185. The second kappa shape index (κ2) is 7.13. The van der Waals surface area contributed by atoms with Crippen molar-refractivity contribution in [3.05, 3.63) is 48.5 Å². The van der Waals surface area contributed by atoms with Crippen molar-refractivity contribution < 1.29 is 4.79 Å². The van der Waals surface area contributed by atoms with E-state index in [-0.39, 0.29) is 5.91 Å². The zero-order valence-corrected chi connectivity index (χ0v) is 12.5. The number of aromatic nitrogens is 2. The molecule has 0 spiro atoms. The van der Waals surface area contributed by atoms with Crippen LogP contribution in [0.3, 0.4) is 0 Å². The maximum atomic E-state index is 12.1. The Bertz CT molecular complexity index is 606. The third-order valence-electron chi connectivity index (χ3n) is 3.95. The average molecular weight is 296 g/mol. The van der Waals surface area contributed by atoms with Gasteiger partial charge >= 0.3 is 0 Å². The average Bonchev–Trinajstić information content (AvgIpc) is 3.09. The van der Waals surface area contributed by atoms with E-state index >= 15 is 0 Å². The van der Waals surface area contributed by atoms with Crippen molar-refractivity contribution in [3.8, 4) is 11.1 Å². The minimum atomic E-state index is -0.0185. The number of rotatable bonds is 5. The van der Waals surface area contributed by atoms with Gasteiger partial charge in [-0.1, -0.05) is 12.1 Å². The fourth-order valence-electron chi connectivity index (χ4n) is 2.70. The quantitative estimate of drug-likeness (QED) is 0.916. The maximum Gasteiger partial charge on any atom is 0.251 e. The molecule has 0 atom stereocenters. The summed E-state index contributed by atoms with van der Waals surface area (Å²) in [7, 11) is 0. The van der Waals surface area contributed by atoms with E-state index in [1.165, 1.54) is 19.2 Å². The van der Waals surface area contributed by atoms with Gasteiger partial charge in [-0.2, -0.15) is 0 Å². The van der Waals surface area contributed by atoms with Gasteiger partial charge < -0.3 is 10.2 Å². The van der Waals surface area contributed by atoms with Gasteiger partial charge in [0.25, 0.3) is 5.91 Å². The van der Waals surface area contributed by atoms with Crippen LogP contribution in [0.1, 0.15) is 23.2 Å². The molecule has 1 aliphatic rings. The predicted molar refractivity (Wildman–Crippen MR) is 85.5 cm³/mol. The normalized spacial score (nSPS) is 14.9. The fraction of sp³-hybridized carbons (Fsp3) is 0.353. The van der Waals surface area contributed by atoms with Crippen molar-refractivity contribution in [2.24, 2.45) is 0 Å². The fourth-order valence-corrected chi connectivity index (χ4v) is 2.70. The molecule has 1 saturated heterocycles. The largest absolute Gasteiger partial charge is 0.351 e. The Kier molecular flexibility index (Phi) is 4.75. The summed E-state index contributed by atoms with van der Waals surface area (Å²) in [6.45, 7) is 3.95. The molecule has 0 unspecified atom stereocenters. The lowest BCUT2D eigenvalue weighted by atomic mass is 10.1.